The van der Waals surface area contributed by atoms with Crippen molar-refractivity contribution in [3.8, 4) is 11.4 Å². The van der Waals surface area contributed by atoms with Gasteiger partial charge in [0.25, 0.3) is 0 Å². The molecule has 8 aliphatic rings. The summed E-state index contributed by atoms with van der Waals surface area (Å²) in [5.74, 6) is 6.76. The maximum Gasteiger partial charge on any atom is 0.163 e. The molecule has 1 saturated heterocycles. The van der Waals surface area contributed by atoms with Crippen molar-refractivity contribution >= 4 is 11.6 Å². The van der Waals surface area contributed by atoms with E-state index in [0.29, 0.717) is 29.8 Å². The Hall–Kier alpha value is -3.31. The van der Waals surface area contributed by atoms with Crippen LogP contribution in [0.1, 0.15) is 151 Å². The lowest BCUT2D eigenvalue weighted by Crippen LogP contribution is -2.33. The van der Waals surface area contributed by atoms with Gasteiger partial charge in [-0.25, -0.2) is 15.0 Å². The molecule has 0 N–H and O–H groups in total. The van der Waals surface area contributed by atoms with Crippen LogP contribution in [-0.4, -0.2) is 33.3 Å². The van der Waals surface area contributed by atoms with E-state index in [0.717, 1.165) is 60.4 Å². The highest BCUT2D eigenvalue weighted by Gasteiger charge is 2.50. The van der Waals surface area contributed by atoms with E-state index in [-0.39, 0.29) is 18.1 Å². The summed E-state index contributed by atoms with van der Waals surface area (Å²) < 4.78 is 13.6. The SMILES string of the molecule is CC1CC(C2CCCCC2)=CC=C1c1nc(-c2ccc3c(c2)C=C2C4=C(C=CCC4)OC2C3C)nc(C2CCCC3C4CCCCCC4OC23)n1. The van der Waals surface area contributed by atoms with E-state index in [2.05, 4.69) is 62.4 Å². The fourth-order valence-electron chi connectivity index (χ4n) is 11.6. The largest absolute Gasteiger partial charge is 0.485 e. The molecule has 0 amide bonds. The van der Waals surface area contributed by atoms with Crippen molar-refractivity contribution in [2.45, 2.75) is 147 Å². The Morgan fingerprint density at radius 2 is 1.59 bits per heavy atom. The Morgan fingerprint density at radius 1 is 0.765 bits per heavy atom. The lowest BCUT2D eigenvalue weighted by molar-refractivity contribution is -0.00219. The van der Waals surface area contributed by atoms with Crippen LogP contribution < -0.4 is 0 Å². The zero-order chi connectivity index (χ0) is 34.1. The molecule has 3 heterocycles. The zero-order valence-corrected chi connectivity index (χ0v) is 30.8. The summed E-state index contributed by atoms with van der Waals surface area (Å²) in [5.41, 5.74) is 9.40. The molecule has 8 atom stereocenters. The van der Waals surface area contributed by atoms with Gasteiger partial charge in [0, 0.05) is 34.1 Å². The molecule has 1 aromatic carbocycles. The summed E-state index contributed by atoms with van der Waals surface area (Å²) >= 11 is 0. The molecule has 0 radical (unpaired) electrons. The molecule has 1 aromatic heterocycles. The van der Waals surface area contributed by atoms with Crippen molar-refractivity contribution in [1.29, 1.82) is 0 Å². The van der Waals surface area contributed by atoms with Gasteiger partial charge < -0.3 is 9.47 Å². The van der Waals surface area contributed by atoms with E-state index in [1.807, 2.05) is 0 Å². The van der Waals surface area contributed by atoms with Crippen LogP contribution in [0.15, 0.2) is 65.0 Å². The number of hydrogen-bond donors (Lipinski definition) is 0. The van der Waals surface area contributed by atoms with Gasteiger partial charge in [0.2, 0.25) is 0 Å². The molecular weight excluding hydrogens is 627 g/mol. The molecule has 5 nitrogen and oxygen atoms in total. The van der Waals surface area contributed by atoms with E-state index >= 15 is 0 Å². The first kappa shape index (κ1) is 32.3. The van der Waals surface area contributed by atoms with Gasteiger partial charge in [-0.3, -0.25) is 0 Å². The molecule has 3 saturated carbocycles. The quantitative estimate of drug-likeness (QED) is 0.321. The number of hydrogen-bond acceptors (Lipinski definition) is 5. The molecule has 2 aromatic rings. The molecule has 0 spiro atoms. The predicted molar refractivity (Wildman–Crippen MR) is 204 cm³/mol. The minimum atomic E-state index is 0.108. The molecule has 10 rings (SSSR count). The molecule has 8 unspecified atom stereocenters. The highest BCUT2D eigenvalue weighted by Crippen LogP contribution is 2.52. The summed E-state index contributed by atoms with van der Waals surface area (Å²) in [4.78, 5) is 16.2. The van der Waals surface area contributed by atoms with Crippen molar-refractivity contribution in [3.63, 3.8) is 0 Å². The van der Waals surface area contributed by atoms with Crippen molar-refractivity contribution in [3.05, 3.63) is 87.8 Å². The number of nitrogens with zero attached hydrogens (tertiary/aromatic N) is 3. The summed E-state index contributed by atoms with van der Waals surface area (Å²) in [5, 5.41) is 0. The normalized spacial score (nSPS) is 34.6. The molecule has 51 heavy (non-hydrogen) atoms. The second-order valence-corrected chi connectivity index (χ2v) is 17.3. The third kappa shape index (κ3) is 5.72. The second kappa shape index (κ2) is 13.3. The van der Waals surface area contributed by atoms with E-state index in [1.54, 1.807) is 5.57 Å². The van der Waals surface area contributed by atoms with Crippen LogP contribution in [0.25, 0.3) is 23.0 Å². The number of ether oxygens (including phenoxy) is 2. The molecular formula is C46H55N3O2. The fourth-order valence-corrected chi connectivity index (χ4v) is 11.6. The highest BCUT2D eigenvalue weighted by atomic mass is 16.5. The highest BCUT2D eigenvalue weighted by molar-refractivity contribution is 5.74. The summed E-state index contributed by atoms with van der Waals surface area (Å²) in [6.45, 7) is 4.72. The molecule has 5 heteroatoms. The summed E-state index contributed by atoms with van der Waals surface area (Å²) in [6.07, 6.45) is 32.7. The van der Waals surface area contributed by atoms with Gasteiger partial charge in [-0.15, -0.1) is 0 Å². The van der Waals surface area contributed by atoms with Crippen molar-refractivity contribution in [2.24, 2.45) is 23.7 Å². The standard InChI is InChI=1S/C46H55N3O2/c1-27-24-30(29-12-5-3-6-13-29)20-22-33(27)45-47-44(48-46(49-45)38-17-11-16-37-35-14-7-4-8-18-40(35)51-43(37)38)31-21-23-34-28(2)42-39(26-32(34)25-31)36-15-9-10-19-41(36)50-42/h10,19-23,25-29,35,37-38,40,42-43H,3-9,11-18,24H2,1-2H3. The average molecular weight is 682 g/mol. The van der Waals surface area contributed by atoms with Gasteiger partial charge in [-0.2, -0.15) is 0 Å². The lowest BCUT2D eigenvalue weighted by Gasteiger charge is -2.34. The Labute approximate surface area is 304 Å². The van der Waals surface area contributed by atoms with E-state index < -0.39 is 0 Å². The minimum absolute atomic E-state index is 0.108. The Balaban J connectivity index is 1.05. The number of benzene rings is 1. The smallest absolute Gasteiger partial charge is 0.163 e. The maximum absolute atomic E-state index is 7.07. The lowest BCUT2D eigenvalue weighted by atomic mass is 9.72. The van der Waals surface area contributed by atoms with Crippen LogP contribution in [0.4, 0.5) is 0 Å². The minimum Gasteiger partial charge on any atom is -0.485 e. The molecule has 0 bridgehead atoms. The van der Waals surface area contributed by atoms with Crippen LogP contribution in [-0.2, 0) is 9.47 Å². The van der Waals surface area contributed by atoms with Crippen molar-refractivity contribution in [1.82, 2.24) is 15.0 Å². The van der Waals surface area contributed by atoms with E-state index in [4.69, 9.17) is 24.4 Å². The third-order valence-electron chi connectivity index (χ3n) is 14.3. The topological polar surface area (TPSA) is 57.1 Å². The number of rotatable bonds is 4. The van der Waals surface area contributed by atoms with Gasteiger partial charge in [-0.05, 0) is 111 Å². The Kier molecular flexibility index (Phi) is 8.42. The third-order valence-corrected chi connectivity index (χ3v) is 14.3. The van der Waals surface area contributed by atoms with Crippen LogP contribution in [0.3, 0.4) is 0 Å². The fraction of sp³-hybridized carbons (Fsp3) is 0.587. The molecule has 2 aliphatic heterocycles. The van der Waals surface area contributed by atoms with E-state index in [9.17, 15) is 0 Å². The number of fused-ring (bicyclic) bond motifs is 6. The number of allylic oxidation sites excluding steroid dienone is 6. The Morgan fingerprint density at radius 3 is 2.47 bits per heavy atom. The molecule has 4 fully saturated rings. The molecule has 266 valence electrons. The zero-order valence-electron chi connectivity index (χ0n) is 30.8. The van der Waals surface area contributed by atoms with Crippen LogP contribution in [0, 0.1) is 23.7 Å². The van der Waals surface area contributed by atoms with Gasteiger partial charge in [0.1, 0.15) is 17.7 Å². The summed E-state index contributed by atoms with van der Waals surface area (Å²) in [6, 6.07) is 6.92. The second-order valence-electron chi connectivity index (χ2n) is 17.3. The van der Waals surface area contributed by atoms with Gasteiger partial charge in [0.05, 0.1) is 12.2 Å². The molecule has 6 aliphatic carbocycles. The van der Waals surface area contributed by atoms with Crippen molar-refractivity contribution in [2.75, 3.05) is 0 Å². The van der Waals surface area contributed by atoms with Gasteiger partial charge >= 0.3 is 0 Å². The van der Waals surface area contributed by atoms with Crippen LogP contribution in [0.2, 0.25) is 0 Å². The van der Waals surface area contributed by atoms with Crippen LogP contribution in [0.5, 0.6) is 0 Å². The van der Waals surface area contributed by atoms with Crippen LogP contribution >= 0.6 is 0 Å². The monoisotopic (exact) mass is 681 g/mol. The van der Waals surface area contributed by atoms with Gasteiger partial charge in [-0.1, -0.05) is 94.7 Å². The first-order valence-electron chi connectivity index (χ1n) is 20.8. The van der Waals surface area contributed by atoms with Gasteiger partial charge in [0.15, 0.2) is 11.6 Å². The average Bonchev–Trinajstić information content (AvgIpc) is 3.63. The Bertz CT molecular complexity index is 1860. The first-order valence-corrected chi connectivity index (χ1v) is 20.8. The predicted octanol–water partition coefficient (Wildman–Crippen LogP) is 11.2. The summed E-state index contributed by atoms with van der Waals surface area (Å²) in [7, 11) is 0. The van der Waals surface area contributed by atoms with Crippen molar-refractivity contribution < 1.29 is 9.47 Å². The first-order chi connectivity index (χ1) is 25.1. The maximum atomic E-state index is 7.07. The number of aromatic nitrogens is 3. The van der Waals surface area contributed by atoms with E-state index in [1.165, 1.54) is 105 Å².